The summed E-state index contributed by atoms with van der Waals surface area (Å²) in [5, 5.41) is 0. The number of nitrogens with zero attached hydrogens (tertiary/aromatic N) is 1. The van der Waals surface area contributed by atoms with E-state index in [-0.39, 0.29) is 29.6 Å². The van der Waals surface area contributed by atoms with E-state index in [1.165, 1.54) is 4.90 Å². The van der Waals surface area contributed by atoms with Gasteiger partial charge in [-0.3, -0.25) is 14.5 Å². The van der Waals surface area contributed by atoms with Gasteiger partial charge in [0.25, 0.3) is 0 Å². The molecule has 0 saturated carbocycles. The summed E-state index contributed by atoms with van der Waals surface area (Å²) in [6, 6.07) is 0. The predicted molar refractivity (Wildman–Crippen MR) is 49.9 cm³/mol. The number of hydrogen-bond donors (Lipinski definition) is 0. The van der Waals surface area contributed by atoms with Crippen LogP contribution < -0.4 is 0 Å². The number of likely N-dealkylation sites (tertiary alicyclic amines) is 1. The van der Waals surface area contributed by atoms with E-state index >= 15 is 0 Å². The molecule has 1 aliphatic rings. The van der Waals surface area contributed by atoms with Crippen LogP contribution in [0.25, 0.3) is 0 Å². The summed E-state index contributed by atoms with van der Waals surface area (Å²) in [4.78, 5) is 24.4. The van der Waals surface area contributed by atoms with Crippen molar-refractivity contribution in [3.8, 4) is 0 Å². The SMILES string of the molecule is CCC1C(=O)N(C)C(=O)C(C)C1C. The molecule has 74 valence electrons. The van der Waals surface area contributed by atoms with E-state index in [0.717, 1.165) is 6.42 Å². The molecule has 1 saturated heterocycles. The van der Waals surface area contributed by atoms with Crippen molar-refractivity contribution in [1.29, 1.82) is 0 Å². The highest BCUT2D eigenvalue weighted by atomic mass is 16.2. The molecule has 0 aliphatic carbocycles. The molecular weight excluding hydrogens is 166 g/mol. The Hall–Kier alpha value is -0.860. The second kappa shape index (κ2) is 3.48. The van der Waals surface area contributed by atoms with Crippen molar-refractivity contribution in [3.05, 3.63) is 0 Å². The normalized spacial score (nSPS) is 35.4. The van der Waals surface area contributed by atoms with Gasteiger partial charge in [0.05, 0.1) is 0 Å². The van der Waals surface area contributed by atoms with Crippen LogP contribution in [0, 0.1) is 17.8 Å². The Labute approximate surface area is 79.1 Å². The molecule has 0 N–H and O–H groups in total. The van der Waals surface area contributed by atoms with Gasteiger partial charge in [-0.05, 0) is 12.3 Å². The van der Waals surface area contributed by atoms with Crippen molar-refractivity contribution in [2.24, 2.45) is 17.8 Å². The summed E-state index contributed by atoms with van der Waals surface area (Å²) < 4.78 is 0. The molecule has 3 unspecified atom stereocenters. The Balaban J connectivity index is 2.92. The average Bonchev–Trinajstić information content (AvgIpc) is 2.13. The van der Waals surface area contributed by atoms with Gasteiger partial charge in [-0.2, -0.15) is 0 Å². The van der Waals surface area contributed by atoms with Crippen LogP contribution in [-0.2, 0) is 9.59 Å². The number of carbonyl (C=O) groups excluding carboxylic acids is 2. The van der Waals surface area contributed by atoms with E-state index in [2.05, 4.69) is 0 Å². The minimum Gasteiger partial charge on any atom is -0.285 e. The van der Waals surface area contributed by atoms with E-state index in [9.17, 15) is 9.59 Å². The maximum absolute atomic E-state index is 11.6. The van der Waals surface area contributed by atoms with Crippen LogP contribution in [0.2, 0.25) is 0 Å². The topological polar surface area (TPSA) is 37.4 Å². The van der Waals surface area contributed by atoms with Gasteiger partial charge in [-0.1, -0.05) is 20.8 Å². The summed E-state index contributed by atoms with van der Waals surface area (Å²) in [7, 11) is 1.58. The van der Waals surface area contributed by atoms with Crippen LogP contribution in [0.3, 0.4) is 0 Å². The second-order valence-corrected chi connectivity index (χ2v) is 3.90. The van der Waals surface area contributed by atoms with E-state index in [0.29, 0.717) is 0 Å². The summed E-state index contributed by atoms with van der Waals surface area (Å²) in [6.45, 7) is 5.88. The lowest BCUT2D eigenvalue weighted by Gasteiger charge is -2.36. The van der Waals surface area contributed by atoms with Gasteiger partial charge in [0.2, 0.25) is 11.8 Å². The molecule has 13 heavy (non-hydrogen) atoms. The Morgan fingerprint density at radius 1 is 1.23 bits per heavy atom. The fraction of sp³-hybridized carbons (Fsp3) is 0.800. The van der Waals surface area contributed by atoms with Crippen molar-refractivity contribution in [2.75, 3.05) is 7.05 Å². The average molecular weight is 183 g/mol. The van der Waals surface area contributed by atoms with Crippen molar-refractivity contribution in [3.63, 3.8) is 0 Å². The molecule has 3 nitrogen and oxygen atoms in total. The molecule has 1 rings (SSSR count). The number of piperidine rings is 1. The Bertz CT molecular complexity index is 237. The third kappa shape index (κ3) is 1.47. The van der Waals surface area contributed by atoms with Gasteiger partial charge in [0, 0.05) is 18.9 Å². The first-order valence-corrected chi connectivity index (χ1v) is 4.82. The molecule has 0 aromatic rings. The van der Waals surface area contributed by atoms with Gasteiger partial charge in [-0.25, -0.2) is 0 Å². The van der Waals surface area contributed by atoms with Crippen LogP contribution in [0.15, 0.2) is 0 Å². The molecule has 0 radical (unpaired) electrons. The van der Waals surface area contributed by atoms with E-state index in [4.69, 9.17) is 0 Å². The Morgan fingerprint density at radius 3 is 2.23 bits per heavy atom. The van der Waals surface area contributed by atoms with E-state index in [1.807, 2.05) is 20.8 Å². The number of amides is 2. The van der Waals surface area contributed by atoms with Crippen LogP contribution in [0.4, 0.5) is 0 Å². The molecule has 1 heterocycles. The monoisotopic (exact) mass is 183 g/mol. The minimum atomic E-state index is -0.0396. The fourth-order valence-electron chi connectivity index (χ4n) is 2.01. The van der Waals surface area contributed by atoms with Crippen molar-refractivity contribution < 1.29 is 9.59 Å². The maximum Gasteiger partial charge on any atom is 0.232 e. The van der Waals surface area contributed by atoms with Crippen molar-refractivity contribution in [2.45, 2.75) is 27.2 Å². The number of hydrogen-bond acceptors (Lipinski definition) is 2. The molecule has 0 aromatic heterocycles. The van der Waals surface area contributed by atoms with Crippen LogP contribution in [-0.4, -0.2) is 23.8 Å². The zero-order chi connectivity index (χ0) is 10.2. The zero-order valence-corrected chi connectivity index (χ0v) is 8.70. The molecule has 2 amide bonds. The van der Waals surface area contributed by atoms with Gasteiger partial charge in [-0.15, -0.1) is 0 Å². The molecule has 3 atom stereocenters. The highest BCUT2D eigenvalue weighted by Gasteiger charge is 2.40. The molecule has 0 bridgehead atoms. The lowest BCUT2D eigenvalue weighted by atomic mass is 9.78. The predicted octanol–water partition coefficient (Wildman–Crippen LogP) is 1.28. The second-order valence-electron chi connectivity index (χ2n) is 3.90. The Morgan fingerprint density at radius 2 is 1.77 bits per heavy atom. The van der Waals surface area contributed by atoms with Crippen LogP contribution in [0.1, 0.15) is 27.2 Å². The standard InChI is InChI=1S/C10H17NO2/c1-5-8-6(2)7(3)9(12)11(4)10(8)13/h6-8H,5H2,1-4H3. The Kier molecular flexibility index (Phi) is 2.74. The third-order valence-corrected chi connectivity index (χ3v) is 3.23. The summed E-state index contributed by atoms with van der Waals surface area (Å²) in [6.07, 6.45) is 0.821. The summed E-state index contributed by atoms with van der Waals surface area (Å²) in [5.74, 6) is 0.131. The van der Waals surface area contributed by atoms with E-state index < -0.39 is 0 Å². The molecule has 1 aliphatic heterocycles. The largest absolute Gasteiger partial charge is 0.285 e. The summed E-state index contributed by atoms with van der Waals surface area (Å²) >= 11 is 0. The quantitative estimate of drug-likeness (QED) is 0.574. The number of imide groups is 1. The number of carbonyl (C=O) groups is 2. The first kappa shape index (κ1) is 10.2. The minimum absolute atomic E-state index is 0.0156. The highest BCUT2D eigenvalue weighted by molar-refractivity contribution is 5.99. The van der Waals surface area contributed by atoms with Gasteiger partial charge in [0.15, 0.2) is 0 Å². The first-order chi connectivity index (χ1) is 6.00. The smallest absolute Gasteiger partial charge is 0.232 e. The van der Waals surface area contributed by atoms with Crippen molar-refractivity contribution >= 4 is 11.8 Å². The fourth-order valence-corrected chi connectivity index (χ4v) is 2.01. The molecule has 1 fully saturated rings. The first-order valence-electron chi connectivity index (χ1n) is 4.82. The van der Waals surface area contributed by atoms with Crippen LogP contribution >= 0.6 is 0 Å². The van der Waals surface area contributed by atoms with Gasteiger partial charge < -0.3 is 0 Å². The lowest BCUT2D eigenvalue weighted by Crippen LogP contribution is -2.50. The molecule has 3 heteroatoms. The summed E-state index contributed by atoms with van der Waals surface area (Å²) in [5.41, 5.74) is 0. The third-order valence-electron chi connectivity index (χ3n) is 3.23. The highest BCUT2D eigenvalue weighted by Crippen LogP contribution is 2.31. The van der Waals surface area contributed by atoms with Crippen molar-refractivity contribution in [1.82, 2.24) is 4.90 Å². The van der Waals surface area contributed by atoms with E-state index in [1.54, 1.807) is 7.05 Å². The number of rotatable bonds is 1. The zero-order valence-electron chi connectivity index (χ0n) is 8.70. The molecule has 0 aromatic carbocycles. The maximum atomic E-state index is 11.6. The molecular formula is C10H17NO2. The lowest BCUT2D eigenvalue weighted by molar-refractivity contribution is -0.156. The van der Waals surface area contributed by atoms with Gasteiger partial charge in [0.1, 0.15) is 0 Å². The molecule has 0 spiro atoms. The van der Waals surface area contributed by atoms with Crippen LogP contribution in [0.5, 0.6) is 0 Å². The van der Waals surface area contributed by atoms with Gasteiger partial charge >= 0.3 is 0 Å².